The number of nitrogen functional groups attached to an aromatic ring is 1. The van der Waals surface area contributed by atoms with Crippen molar-refractivity contribution in [1.82, 2.24) is 10.4 Å². The summed E-state index contributed by atoms with van der Waals surface area (Å²) in [5.74, 6) is 7.92. The smallest absolute Gasteiger partial charge is 0.128 e. The number of pyridine rings is 1. The number of hydrogen-bond donors (Lipinski definition) is 3. The predicted molar refractivity (Wildman–Crippen MR) is 83.8 cm³/mol. The van der Waals surface area contributed by atoms with Crippen molar-refractivity contribution < 1.29 is 0 Å². The van der Waals surface area contributed by atoms with Crippen LogP contribution in [0.15, 0.2) is 12.3 Å². The molecule has 0 saturated heterocycles. The van der Waals surface area contributed by atoms with Gasteiger partial charge in [-0.2, -0.15) is 0 Å². The molecule has 112 valence electrons. The first-order valence-electron chi connectivity index (χ1n) is 7.84. The molecular weight excluding hydrogens is 248 g/mol. The summed E-state index contributed by atoms with van der Waals surface area (Å²) in [7, 11) is 0. The lowest BCUT2D eigenvalue weighted by Crippen LogP contribution is -2.36. The minimum atomic E-state index is 0.131. The fourth-order valence-electron chi connectivity index (χ4n) is 3.67. The van der Waals surface area contributed by atoms with Crippen LogP contribution < -0.4 is 17.0 Å². The summed E-state index contributed by atoms with van der Waals surface area (Å²) in [6, 6.07) is 2.14. The number of nitrogens with two attached hydrogens (primary N) is 2. The van der Waals surface area contributed by atoms with E-state index in [-0.39, 0.29) is 6.04 Å². The van der Waals surface area contributed by atoms with Crippen molar-refractivity contribution in [3.8, 4) is 0 Å². The molecule has 0 radical (unpaired) electrons. The largest absolute Gasteiger partial charge is 0.383 e. The van der Waals surface area contributed by atoms with Crippen molar-refractivity contribution in [3.05, 3.63) is 23.4 Å². The summed E-state index contributed by atoms with van der Waals surface area (Å²) in [4.78, 5) is 4.23. The van der Waals surface area contributed by atoms with Crippen LogP contribution in [0.2, 0.25) is 0 Å². The van der Waals surface area contributed by atoms with E-state index in [0.717, 1.165) is 11.5 Å². The predicted octanol–water partition coefficient (Wildman–Crippen LogP) is 3.08. The van der Waals surface area contributed by atoms with Gasteiger partial charge in [0.2, 0.25) is 0 Å². The molecule has 1 atom stereocenters. The number of aromatic nitrogens is 1. The first-order chi connectivity index (χ1) is 9.67. The van der Waals surface area contributed by atoms with E-state index in [1.807, 2.05) is 6.07 Å². The van der Waals surface area contributed by atoms with Gasteiger partial charge in [-0.3, -0.25) is 11.3 Å². The Hall–Kier alpha value is -1.13. The van der Waals surface area contributed by atoms with E-state index in [1.54, 1.807) is 6.20 Å². The SMILES string of the molecule is CCCC1CCC(C(NN)c2c(C)ccnc2N)CC1. The van der Waals surface area contributed by atoms with E-state index in [2.05, 4.69) is 24.3 Å². The van der Waals surface area contributed by atoms with Crippen LogP contribution in [0.3, 0.4) is 0 Å². The van der Waals surface area contributed by atoms with E-state index < -0.39 is 0 Å². The van der Waals surface area contributed by atoms with Crippen LogP contribution in [0.5, 0.6) is 0 Å². The van der Waals surface area contributed by atoms with Crippen molar-refractivity contribution in [2.24, 2.45) is 17.7 Å². The quantitative estimate of drug-likeness (QED) is 0.570. The molecule has 1 aliphatic carbocycles. The first-order valence-corrected chi connectivity index (χ1v) is 7.84. The van der Waals surface area contributed by atoms with Crippen LogP contribution in [0, 0.1) is 18.8 Å². The number of nitrogens with zero attached hydrogens (tertiary/aromatic N) is 1. The molecule has 1 aromatic rings. The summed E-state index contributed by atoms with van der Waals surface area (Å²) >= 11 is 0. The summed E-state index contributed by atoms with van der Waals surface area (Å²) in [6.45, 7) is 4.36. The van der Waals surface area contributed by atoms with E-state index >= 15 is 0 Å². The standard InChI is InChI=1S/C16H28N4/c1-3-4-12-5-7-13(8-6-12)15(20-18)14-11(2)9-10-19-16(14)17/h9-10,12-13,15,20H,3-8,18H2,1-2H3,(H2,17,19). The minimum Gasteiger partial charge on any atom is -0.383 e. The Balaban J connectivity index is 2.10. The molecule has 1 fully saturated rings. The van der Waals surface area contributed by atoms with Crippen LogP contribution in [0.1, 0.15) is 62.6 Å². The highest BCUT2D eigenvalue weighted by molar-refractivity contribution is 5.46. The average molecular weight is 276 g/mol. The second kappa shape index (κ2) is 7.04. The zero-order valence-corrected chi connectivity index (χ0v) is 12.7. The fraction of sp³-hybridized carbons (Fsp3) is 0.688. The third-order valence-electron chi connectivity index (χ3n) is 4.79. The van der Waals surface area contributed by atoms with Crippen molar-refractivity contribution >= 4 is 5.82 Å². The van der Waals surface area contributed by atoms with E-state index in [1.165, 1.54) is 44.1 Å². The molecule has 1 heterocycles. The lowest BCUT2D eigenvalue weighted by atomic mass is 9.75. The molecule has 5 N–H and O–H groups in total. The lowest BCUT2D eigenvalue weighted by Gasteiger charge is -2.34. The molecule has 0 aliphatic heterocycles. The number of rotatable bonds is 5. The summed E-state index contributed by atoms with van der Waals surface area (Å²) < 4.78 is 0. The number of hydrogen-bond acceptors (Lipinski definition) is 4. The molecule has 4 heteroatoms. The highest BCUT2D eigenvalue weighted by atomic mass is 15.2. The Bertz CT molecular complexity index is 404. The van der Waals surface area contributed by atoms with Gasteiger partial charge in [-0.1, -0.05) is 32.6 Å². The number of aryl methyl sites for hydroxylation is 1. The van der Waals surface area contributed by atoms with Gasteiger partial charge in [0.15, 0.2) is 0 Å². The number of hydrazine groups is 1. The van der Waals surface area contributed by atoms with E-state index in [0.29, 0.717) is 11.7 Å². The molecule has 0 amide bonds. The van der Waals surface area contributed by atoms with E-state index in [4.69, 9.17) is 11.6 Å². The lowest BCUT2D eigenvalue weighted by molar-refractivity contribution is 0.215. The van der Waals surface area contributed by atoms with Crippen molar-refractivity contribution in [1.29, 1.82) is 0 Å². The zero-order chi connectivity index (χ0) is 14.5. The van der Waals surface area contributed by atoms with Crippen molar-refractivity contribution in [3.63, 3.8) is 0 Å². The van der Waals surface area contributed by atoms with Gasteiger partial charge in [-0.15, -0.1) is 0 Å². The van der Waals surface area contributed by atoms with Gasteiger partial charge in [0.1, 0.15) is 5.82 Å². The van der Waals surface area contributed by atoms with Crippen LogP contribution in [-0.4, -0.2) is 4.98 Å². The molecule has 1 unspecified atom stereocenters. The highest BCUT2D eigenvalue weighted by Crippen LogP contribution is 2.39. The van der Waals surface area contributed by atoms with Crippen LogP contribution >= 0.6 is 0 Å². The summed E-state index contributed by atoms with van der Waals surface area (Å²) in [6.07, 6.45) is 9.51. The third kappa shape index (κ3) is 3.30. The molecular formula is C16H28N4. The Labute approximate surface area is 122 Å². The molecule has 4 nitrogen and oxygen atoms in total. The third-order valence-corrected chi connectivity index (χ3v) is 4.79. The summed E-state index contributed by atoms with van der Waals surface area (Å²) in [5, 5.41) is 0. The molecule has 1 aromatic heterocycles. The van der Waals surface area contributed by atoms with Crippen LogP contribution in [0.25, 0.3) is 0 Å². The second-order valence-corrected chi connectivity index (χ2v) is 6.14. The Morgan fingerprint density at radius 3 is 2.60 bits per heavy atom. The van der Waals surface area contributed by atoms with Gasteiger partial charge in [-0.05, 0) is 43.2 Å². The van der Waals surface area contributed by atoms with E-state index in [9.17, 15) is 0 Å². The number of nitrogens with one attached hydrogen (secondary N) is 1. The van der Waals surface area contributed by atoms with Crippen LogP contribution in [0.4, 0.5) is 5.82 Å². The van der Waals surface area contributed by atoms with Crippen LogP contribution in [-0.2, 0) is 0 Å². The summed E-state index contributed by atoms with van der Waals surface area (Å²) in [5.41, 5.74) is 11.3. The Morgan fingerprint density at radius 2 is 2.05 bits per heavy atom. The van der Waals surface area contributed by atoms with Gasteiger partial charge < -0.3 is 5.73 Å². The maximum Gasteiger partial charge on any atom is 0.128 e. The zero-order valence-electron chi connectivity index (χ0n) is 12.7. The minimum absolute atomic E-state index is 0.131. The fourth-order valence-corrected chi connectivity index (χ4v) is 3.67. The normalized spacial score (nSPS) is 24.6. The molecule has 0 aromatic carbocycles. The van der Waals surface area contributed by atoms with Gasteiger partial charge in [0.05, 0.1) is 6.04 Å². The first kappa shape index (κ1) is 15.3. The van der Waals surface area contributed by atoms with Gasteiger partial charge in [0.25, 0.3) is 0 Å². The maximum absolute atomic E-state index is 6.07. The van der Waals surface area contributed by atoms with Crippen molar-refractivity contribution in [2.45, 2.75) is 58.4 Å². The maximum atomic E-state index is 6.07. The monoisotopic (exact) mass is 276 g/mol. The highest BCUT2D eigenvalue weighted by Gasteiger charge is 2.29. The Morgan fingerprint density at radius 1 is 1.35 bits per heavy atom. The Kier molecular flexibility index (Phi) is 5.38. The molecule has 20 heavy (non-hydrogen) atoms. The van der Waals surface area contributed by atoms with Gasteiger partial charge in [0, 0.05) is 11.8 Å². The topological polar surface area (TPSA) is 77.0 Å². The second-order valence-electron chi connectivity index (χ2n) is 6.14. The molecule has 0 bridgehead atoms. The molecule has 2 rings (SSSR count). The van der Waals surface area contributed by atoms with Crippen molar-refractivity contribution in [2.75, 3.05) is 5.73 Å². The molecule has 1 aliphatic rings. The molecule has 1 saturated carbocycles. The van der Waals surface area contributed by atoms with Gasteiger partial charge >= 0.3 is 0 Å². The van der Waals surface area contributed by atoms with Gasteiger partial charge in [-0.25, -0.2) is 4.98 Å². The number of anilines is 1. The molecule has 0 spiro atoms. The average Bonchev–Trinajstić information content (AvgIpc) is 2.45.